The van der Waals surface area contributed by atoms with Gasteiger partial charge in [0.2, 0.25) is 5.76 Å². The van der Waals surface area contributed by atoms with Gasteiger partial charge in [0.15, 0.2) is 11.9 Å². The summed E-state index contributed by atoms with van der Waals surface area (Å²) in [5.74, 6) is -2.44. The molecule has 8 heteroatoms. The normalized spacial score (nSPS) is 22.6. The summed E-state index contributed by atoms with van der Waals surface area (Å²) in [6.45, 7) is 0.436. The molecule has 2 aliphatic rings. The van der Waals surface area contributed by atoms with E-state index in [0.717, 1.165) is 11.1 Å². The van der Waals surface area contributed by atoms with Crippen molar-refractivity contribution in [2.45, 2.75) is 31.2 Å². The van der Waals surface area contributed by atoms with Gasteiger partial charge in [-0.05, 0) is 24.0 Å². The van der Waals surface area contributed by atoms with Gasteiger partial charge in [-0.15, -0.1) is 0 Å². The Bertz CT molecular complexity index is 866. The lowest BCUT2D eigenvalue weighted by molar-refractivity contribution is -0.468. The zero-order chi connectivity index (χ0) is 21.7. The molecule has 0 radical (unpaired) electrons. The van der Waals surface area contributed by atoms with E-state index in [1.54, 1.807) is 0 Å². The van der Waals surface area contributed by atoms with Gasteiger partial charge in [0.05, 0.1) is 19.8 Å². The number of esters is 1. The van der Waals surface area contributed by atoms with E-state index < -0.39 is 35.9 Å². The molecule has 0 spiro atoms. The zero-order valence-corrected chi connectivity index (χ0v) is 16.8. The molecule has 0 saturated carbocycles. The number of aliphatic hydroxyl groups excluding tert-OH is 2. The second-order valence-corrected chi connectivity index (χ2v) is 7.20. The molecular weight excluding hydrogens is 404 g/mol. The van der Waals surface area contributed by atoms with Crippen molar-refractivity contribution >= 4 is 5.97 Å². The van der Waals surface area contributed by atoms with Gasteiger partial charge < -0.3 is 29.2 Å². The summed E-state index contributed by atoms with van der Waals surface area (Å²) < 4.78 is 28.2. The van der Waals surface area contributed by atoms with Crippen LogP contribution in [-0.2, 0) is 41.3 Å². The molecule has 31 heavy (non-hydrogen) atoms. The van der Waals surface area contributed by atoms with Crippen molar-refractivity contribution in [1.82, 2.24) is 0 Å². The fourth-order valence-corrected chi connectivity index (χ4v) is 3.38. The average molecular weight is 428 g/mol. The summed E-state index contributed by atoms with van der Waals surface area (Å²) in [5, 5.41) is 19.5. The maximum absolute atomic E-state index is 11.5. The predicted octanol–water partition coefficient (Wildman–Crippen LogP) is 2.78. The Morgan fingerprint density at radius 3 is 1.94 bits per heavy atom. The fraction of sp³-hybridized carbons (Fsp3) is 0.348. The number of rotatable bonds is 9. The van der Waals surface area contributed by atoms with E-state index in [9.17, 15) is 15.0 Å². The summed E-state index contributed by atoms with van der Waals surface area (Å²) in [6.07, 6.45) is -2.69. The smallest absolute Gasteiger partial charge is 0.413 e. The molecule has 164 valence electrons. The second kappa shape index (κ2) is 9.49. The highest BCUT2D eigenvalue weighted by atomic mass is 17.0. The minimum Gasteiger partial charge on any atom is -0.505 e. The molecular formula is C23H24O8. The standard InChI is InChI=1S/C23H24O8/c24-19-20(25)22(26)30-21(19)18-15-29-23(31-18,27-13-11-16-7-3-1-4-8-16)28-14-12-17-9-5-2-6-10-17/h1-10,18,21,24-25H,11-15H2. The zero-order valence-electron chi connectivity index (χ0n) is 16.8. The first-order valence-corrected chi connectivity index (χ1v) is 10.1. The molecule has 2 aliphatic heterocycles. The molecule has 2 heterocycles. The molecule has 1 fully saturated rings. The first-order valence-electron chi connectivity index (χ1n) is 10.1. The molecule has 8 nitrogen and oxygen atoms in total. The van der Waals surface area contributed by atoms with Crippen molar-refractivity contribution in [2.75, 3.05) is 19.8 Å². The van der Waals surface area contributed by atoms with Gasteiger partial charge in [-0.3, -0.25) is 4.74 Å². The van der Waals surface area contributed by atoms with E-state index in [1.807, 2.05) is 60.7 Å². The third kappa shape index (κ3) is 5.05. The van der Waals surface area contributed by atoms with Gasteiger partial charge in [-0.1, -0.05) is 60.7 Å². The Labute approximate surface area is 179 Å². The molecule has 2 aromatic rings. The first-order chi connectivity index (χ1) is 15.1. The summed E-state index contributed by atoms with van der Waals surface area (Å²) >= 11 is 0. The maximum atomic E-state index is 11.5. The van der Waals surface area contributed by atoms with Crippen LogP contribution in [0.25, 0.3) is 0 Å². The highest BCUT2D eigenvalue weighted by Crippen LogP contribution is 2.33. The molecule has 0 aliphatic carbocycles. The van der Waals surface area contributed by atoms with E-state index in [4.69, 9.17) is 23.7 Å². The Balaban J connectivity index is 1.40. The van der Waals surface area contributed by atoms with Crippen LogP contribution in [0.2, 0.25) is 0 Å². The van der Waals surface area contributed by atoms with Crippen molar-refractivity contribution < 1.29 is 38.7 Å². The second-order valence-electron chi connectivity index (χ2n) is 7.20. The first kappa shape index (κ1) is 21.3. The van der Waals surface area contributed by atoms with Crippen LogP contribution in [0.15, 0.2) is 72.2 Å². The third-order valence-electron chi connectivity index (χ3n) is 5.02. The van der Waals surface area contributed by atoms with Crippen molar-refractivity contribution in [3.8, 4) is 0 Å². The fourth-order valence-electron chi connectivity index (χ4n) is 3.38. The van der Waals surface area contributed by atoms with Gasteiger partial charge in [0.25, 0.3) is 0 Å². The van der Waals surface area contributed by atoms with Gasteiger partial charge in [-0.2, -0.15) is 0 Å². The number of aliphatic hydroxyl groups is 2. The summed E-state index contributed by atoms with van der Waals surface area (Å²) in [6, 6.07) is 19.6. The quantitative estimate of drug-likeness (QED) is 0.464. The number of cyclic esters (lactones) is 1. The number of hydrogen-bond acceptors (Lipinski definition) is 8. The largest absolute Gasteiger partial charge is 0.505 e. The molecule has 2 unspecified atom stereocenters. The molecule has 2 N–H and O–H groups in total. The molecule has 0 amide bonds. The summed E-state index contributed by atoms with van der Waals surface area (Å²) in [5.41, 5.74) is 2.15. The van der Waals surface area contributed by atoms with Crippen LogP contribution < -0.4 is 0 Å². The van der Waals surface area contributed by atoms with E-state index in [1.165, 1.54) is 0 Å². The molecule has 2 aromatic carbocycles. The van der Waals surface area contributed by atoms with Crippen molar-refractivity contribution in [3.63, 3.8) is 0 Å². The van der Waals surface area contributed by atoms with Crippen molar-refractivity contribution in [2.24, 2.45) is 0 Å². The number of hydrogen-bond donors (Lipinski definition) is 2. The predicted molar refractivity (Wildman–Crippen MR) is 108 cm³/mol. The van der Waals surface area contributed by atoms with Gasteiger partial charge in [0.1, 0.15) is 6.10 Å². The minimum absolute atomic E-state index is 0.0635. The molecule has 0 bridgehead atoms. The van der Waals surface area contributed by atoms with Gasteiger partial charge in [-0.25, -0.2) is 4.79 Å². The average Bonchev–Trinajstić information content (AvgIpc) is 3.32. The van der Waals surface area contributed by atoms with E-state index in [0.29, 0.717) is 12.8 Å². The number of carbonyl (C=O) groups is 1. The van der Waals surface area contributed by atoms with Crippen LogP contribution in [0.5, 0.6) is 0 Å². The SMILES string of the molecule is O=C1OC(C2COC(OCCc3ccccc3)(OCCc3ccccc3)O2)C(O)=C1O. The number of carbonyl (C=O) groups excluding carboxylic acids is 1. The van der Waals surface area contributed by atoms with Crippen LogP contribution in [0.4, 0.5) is 0 Å². The van der Waals surface area contributed by atoms with Crippen LogP contribution >= 0.6 is 0 Å². The lowest BCUT2D eigenvalue weighted by Crippen LogP contribution is -2.41. The Morgan fingerprint density at radius 1 is 0.903 bits per heavy atom. The third-order valence-corrected chi connectivity index (χ3v) is 5.02. The van der Waals surface area contributed by atoms with Gasteiger partial charge >= 0.3 is 12.1 Å². The Hall–Kier alpha value is -2.91. The van der Waals surface area contributed by atoms with Crippen molar-refractivity contribution in [1.29, 1.82) is 0 Å². The summed E-state index contributed by atoms with van der Waals surface area (Å²) in [4.78, 5) is 11.5. The van der Waals surface area contributed by atoms with Crippen LogP contribution in [0.3, 0.4) is 0 Å². The van der Waals surface area contributed by atoms with Crippen LogP contribution in [-0.4, -0.2) is 54.4 Å². The van der Waals surface area contributed by atoms with E-state index in [2.05, 4.69) is 0 Å². The molecule has 2 atom stereocenters. The lowest BCUT2D eigenvalue weighted by atomic mass is 10.2. The Morgan fingerprint density at radius 2 is 1.45 bits per heavy atom. The van der Waals surface area contributed by atoms with E-state index in [-0.39, 0.29) is 19.8 Å². The lowest BCUT2D eigenvalue weighted by Gasteiger charge is -2.27. The number of benzene rings is 2. The monoisotopic (exact) mass is 428 g/mol. The molecule has 1 saturated heterocycles. The van der Waals surface area contributed by atoms with Gasteiger partial charge in [0, 0.05) is 0 Å². The highest BCUT2D eigenvalue weighted by molar-refractivity contribution is 5.89. The highest BCUT2D eigenvalue weighted by Gasteiger charge is 2.52. The Kier molecular flexibility index (Phi) is 6.53. The van der Waals surface area contributed by atoms with Crippen LogP contribution in [0.1, 0.15) is 11.1 Å². The number of ether oxygens (including phenoxy) is 5. The topological polar surface area (TPSA) is 104 Å². The van der Waals surface area contributed by atoms with Crippen molar-refractivity contribution in [3.05, 3.63) is 83.3 Å². The molecule has 4 rings (SSSR count). The molecule has 0 aromatic heterocycles. The minimum atomic E-state index is -1.81. The summed E-state index contributed by atoms with van der Waals surface area (Å²) in [7, 11) is 0. The van der Waals surface area contributed by atoms with E-state index >= 15 is 0 Å². The van der Waals surface area contributed by atoms with Crippen LogP contribution in [0, 0.1) is 0 Å². The maximum Gasteiger partial charge on any atom is 0.413 e.